The molecule has 1 spiro atoms. The lowest BCUT2D eigenvalue weighted by molar-refractivity contribution is -0.134. The van der Waals surface area contributed by atoms with Gasteiger partial charge < -0.3 is 10.2 Å². The van der Waals surface area contributed by atoms with Crippen molar-refractivity contribution in [1.82, 2.24) is 10.2 Å². The lowest BCUT2D eigenvalue weighted by atomic mass is 9.91. The van der Waals surface area contributed by atoms with Crippen LogP contribution in [0, 0.1) is 11.3 Å². The molecule has 0 bridgehead atoms. The molecule has 1 N–H and O–H groups in total. The summed E-state index contributed by atoms with van der Waals surface area (Å²) in [6, 6.07) is 0.379. The molecule has 1 heterocycles. The van der Waals surface area contributed by atoms with Crippen LogP contribution in [0.1, 0.15) is 32.6 Å². The molecule has 104 valence electrons. The van der Waals surface area contributed by atoms with E-state index in [-0.39, 0.29) is 0 Å². The van der Waals surface area contributed by atoms with E-state index in [0.29, 0.717) is 23.3 Å². The first kappa shape index (κ1) is 14.2. The number of piperidine rings is 1. The lowest BCUT2D eigenvalue weighted by Gasteiger charge is -2.28. The van der Waals surface area contributed by atoms with Crippen molar-refractivity contribution in [2.24, 2.45) is 11.3 Å². The molecule has 2 fully saturated rings. The first-order valence-corrected chi connectivity index (χ1v) is 8.46. The molecule has 2 rings (SSSR count). The highest BCUT2D eigenvalue weighted by molar-refractivity contribution is 7.98. The summed E-state index contributed by atoms with van der Waals surface area (Å²) < 4.78 is 0. The highest BCUT2D eigenvalue weighted by Crippen LogP contribution is 2.59. The maximum absolute atomic E-state index is 12.5. The Hall–Kier alpha value is -0.220. The van der Waals surface area contributed by atoms with Gasteiger partial charge in [-0.1, -0.05) is 0 Å². The van der Waals surface area contributed by atoms with Crippen LogP contribution < -0.4 is 5.32 Å². The number of nitrogens with zero attached hydrogens (tertiary/aromatic N) is 1. The van der Waals surface area contributed by atoms with Gasteiger partial charge in [0.1, 0.15) is 0 Å². The summed E-state index contributed by atoms with van der Waals surface area (Å²) in [4.78, 5) is 14.5. The van der Waals surface area contributed by atoms with Crippen LogP contribution in [0.2, 0.25) is 0 Å². The van der Waals surface area contributed by atoms with Gasteiger partial charge in [-0.05, 0) is 63.1 Å². The number of carbonyl (C=O) groups excluding carboxylic acids is 1. The van der Waals surface area contributed by atoms with E-state index in [0.717, 1.165) is 31.7 Å². The van der Waals surface area contributed by atoms with E-state index >= 15 is 0 Å². The Morgan fingerprint density at radius 1 is 1.50 bits per heavy atom. The molecule has 1 amide bonds. The molecule has 18 heavy (non-hydrogen) atoms. The largest absolute Gasteiger partial charge is 0.343 e. The quantitative estimate of drug-likeness (QED) is 0.829. The van der Waals surface area contributed by atoms with E-state index in [4.69, 9.17) is 0 Å². The Bertz CT molecular complexity index is 302. The van der Waals surface area contributed by atoms with Crippen LogP contribution in [0.3, 0.4) is 0 Å². The first-order valence-electron chi connectivity index (χ1n) is 7.07. The maximum atomic E-state index is 12.5. The van der Waals surface area contributed by atoms with E-state index in [9.17, 15) is 4.79 Å². The van der Waals surface area contributed by atoms with Crippen LogP contribution in [-0.2, 0) is 4.79 Å². The SMILES string of the molecule is CSCCC(C)N(C)C(=O)C1CC12CCNCC2. The topological polar surface area (TPSA) is 32.3 Å². The van der Waals surface area contributed by atoms with Crippen LogP contribution >= 0.6 is 11.8 Å². The summed E-state index contributed by atoms with van der Waals surface area (Å²) in [5.74, 6) is 1.85. The zero-order chi connectivity index (χ0) is 13.2. The fraction of sp³-hybridized carbons (Fsp3) is 0.929. The number of rotatable bonds is 5. The summed E-state index contributed by atoms with van der Waals surface area (Å²) in [6.07, 6.45) is 6.74. The van der Waals surface area contributed by atoms with Crippen molar-refractivity contribution < 1.29 is 4.79 Å². The Morgan fingerprint density at radius 3 is 2.78 bits per heavy atom. The highest BCUT2D eigenvalue weighted by atomic mass is 32.2. The molecule has 1 aliphatic carbocycles. The second kappa shape index (κ2) is 5.83. The number of thioether (sulfide) groups is 1. The number of hydrogen-bond acceptors (Lipinski definition) is 3. The van der Waals surface area contributed by atoms with Crippen LogP contribution in [0.15, 0.2) is 0 Å². The molecule has 0 aromatic heterocycles. The summed E-state index contributed by atoms with van der Waals surface area (Å²) in [5.41, 5.74) is 0.371. The van der Waals surface area contributed by atoms with E-state index in [2.05, 4.69) is 18.5 Å². The van der Waals surface area contributed by atoms with E-state index in [1.807, 2.05) is 23.7 Å². The Balaban J connectivity index is 1.84. The van der Waals surface area contributed by atoms with Gasteiger partial charge in [-0.3, -0.25) is 4.79 Å². The zero-order valence-corrected chi connectivity index (χ0v) is 12.7. The minimum Gasteiger partial charge on any atom is -0.343 e. The molecular weight excluding hydrogens is 244 g/mol. The van der Waals surface area contributed by atoms with Crippen molar-refractivity contribution in [3.05, 3.63) is 0 Å². The first-order chi connectivity index (χ1) is 8.60. The van der Waals surface area contributed by atoms with Gasteiger partial charge in [-0.15, -0.1) is 0 Å². The highest BCUT2D eigenvalue weighted by Gasteiger charge is 2.58. The molecule has 0 radical (unpaired) electrons. The smallest absolute Gasteiger partial charge is 0.226 e. The normalized spacial score (nSPS) is 26.9. The third-order valence-corrected chi connectivity index (χ3v) is 5.48. The van der Waals surface area contributed by atoms with Crippen LogP contribution in [0.5, 0.6) is 0 Å². The fourth-order valence-corrected chi connectivity index (χ4v) is 3.70. The van der Waals surface area contributed by atoms with E-state index in [1.54, 1.807) is 0 Å². The van der Waals surface area contributed by atoms with Crippen molar-refractivity contribution >= 4 is 17.7 Å². The van der Waals surface area contributed by atoms with E-state index in [1.165, 1.54) is 12.8 Å². The maximum Gasteiger partial charge on any atom is 0.226 e. The van der Waals surface area contributed by atoms with Crippen LogP contribution in [0.4, 0.5) is 0 Å². The van der Waals surface area contributed by atoms with Crippen molar-refractivity contribution in [1.29, 1.82) is 0 Å². The van der Waals surface area contributed by atoms with Gasteiger partial charge in [0.15, 0.2) is 0 Å². The summed E-state index contributed by atoms with van der Waals surface area (Å²) in [6.45, 7) is 4.36. The Morgan fingerprint density at radius 2 is 2.17 bits per heavy atom. The predicted molar refractivity (Wildman–Crippen MR) is 77.9 cm³/mol. The molecule has 1 aliphatic heterocycles. The number of hydrogen-bond donors (Lipinski definition) is 1. The number of nitrogens with one attached hydrogen (secondary N) is 1. The molecule has 4 heteroatoms. The van der Waals surface area contributed by atoms with Crippen LogP contribution in [0.25, 0.3) is 0 Å². The minimum absolute atomic E-state index is 0.321. The second-order valence-electron chi connectivity index (χ2n) is 5.95. The predicted octanol–water partition coefficient (Wildman–Crippen LogP) is 1.98. The van der Waals surface area contributed by atoms with Gasteiger partial charge in [0.05, 0.1) is 0 Å². The molecule has 1 saturated heterocycles. The van der Waals surface area contributed by atoms with Crippen molar-refractivity contribution in [2.45, 2.75) is 38.6 Å². The zero-order valence-electron chi connectivity index (χ0n) is 11.9. The molecule has 1 saturated carbocycles. The van der Waals surface area contributed by atoms with Gasteiger partial charge in [0, 0.05) is 19.0 Å². The minimum atomic E-state index is 0.321. The standard InChI is InChI=1S/C14H26N2OS/c1-11(4-9-18-3)16(2)13(17)12-10-14(12)5-7-15-8-6-14/h11-12,15H,4-10H2,1-3H3. The monoisotopic (exact) mass is 270 g/mol. The Kier molecular flexibility index (Phi) is 4.59. The third kappa shape index (κ3) is 2.85. The van der Waals surface area contributed by atoms with E-state index < -0.39 is 0 Å². The molecule has 2 atom stereocenters. The van der Waals surface area contributed by atoms with Gasteiger partial charge in [-0.25, -0.2) is 0 Å². The van der Waals surface area contributed by atoms with Crippen molar-refractivity contribution in [3.8, 4) is 0 Å². The van der Waals surface area contributed by atoms with Gasteiger partial charge in [-0.2, -0.15) is 11.8 Å². The molecule has 2 unspecified atom stereocenters. The van der Waals surface area contributed by atoms with Gasteiger partial charge in [0.25, 0.3) is 0 Å². The third-order valence-electron chi connectivity index (χ3n) is 4.84. The number of carbonyl (C=O) groups is 1. The van der Waals surface area contributed by atoms with Gasteiger partial charge >= 0.3 is 0 Å². The molecule has 3 nitrogen and oxygen atoms in total. The summed E-state index contributed by atoms with van der Waals surface area (Å²) in [7, 11) is 1.99. The lowest BCUT2D eigenvalue weighted by Crippen LogP contribution is -2.39. The average molecular weight is 270 g/mol. The summed E-state index contributed by atoms with van der Waals surface area (Å²) >= 11 is 1.86. The Labute approximate surface area is 115 Å². The fourth-order valence-electron chi connectivity index (χ4n) is 3.12. The molecule has 0 aromatic rings. The molecule has 2 aliphatic rings. The number of amides is 1. The van der Waals surface area contributed by atoms with Crippen molar-refractivity contribution in [2.75, 3.05) is 32.1 Å². The molecular formula is C14H26N2OS. The molecule has 0 aromatic carbocycles. The second-order valence-corrected chi connectivity index (χ2v) is 6.93. The van der Waals surface area contributed by atoms with Crippen LogP contribution in [-0.4, -0.2) is 49.0 Å². The average Bonchev–Trinajstić information content (AvgIpc) is 3.08. The van der Waals surface area contributed by atoms with Crippen molar-refractivity contribution in [3.63, 3.8) is 0 Å². The summed E-state index contributed by atoms with van der Waals surface area (Å²) in [5, 5.41) is 3.39. The van der Waals surface area contributed by atoms with Gasteiger partial charge in [0.2, 0.25) is 5.91 Å².